The van der Waals surface area contributed by atoms with Crippen molar-refractivity contribution in [3.8, 4) is 0 Å². The molecule has 0 aliphatic carbocycles. The molecule has 0 bridgehead atoms. The van der Waals surface area contributed by atoms with Crippen LogP contribution in [0.3, 0.4) is 0 Å². The maximum atomic E-state index is 4.84. The Morgan fingerprint density at radius 1 is 2.00 bits per heavy atom. The molecule has 0 aromatic carbocycles. The van der Waals surface area contributed by atoms with Gasteiger partial charge >= 0.3 is 46.8 Å². The van der Waals surface area contributed by atoms with Crippen LogP contribution in [0.2, 0.25) is 0 Å². The molecule has 0 saturated carbocycles. The number of hydrogen-bond acceptors (Lipinski definition) is 2. The summed E-state index contributed by atoms with van der Waals surface area (Å²) in [6, 6.07) is 0. The Morgan fingerprint density at radius 2 is 2.83 bits per heavy atom. The Bertz CT molecular complexity index is 80.9. The molecule has 0 spiro atoms. The van der Waals surface area contributed by atoms with Gasteiger partial charge in [-0.25, -0.2) is 0 Å². The van der Waals surface area contributed by atoms with E-state index < -0.39 is 0 Å². The van der Waals surface area contributed by atoms with Gasteiger partial charge in [-0.1, -0.05) is 0 Å². The molecule has 0 amide bonds. The Labute approximate surface area is 47.1 Å². The molecule has 1 aliphatic heterocycles. The van der Waals surface area contributed by atoms with Crippen molar-refractivity contribution in [2.24, 2.45) is 0 Å². The van der Waals surface area contributed by atoms with E-state index in [1.807, 2.05) is 6.92 Å². The second-order valence-corrected chi connectivity index (χ2v) is 2.78. The molecule has 1 heterocycles. The Kier molecular flexibility index (Phi) is 1.36. The molecule has 34 valence electrons. The molecular weight excluding hydrogens is 194 g/mol. The van der Waals surface area contributed by atoms with Gasteiger partial charge in [0.05, 0.1) is 0 Å². The number of rotatable bonds is 0. The zero-order valence-electron chi connectivity index (χ0n) is 3.39. The first-order chi connectivity index (χ1) is 2.89. The summed E-state index contributed by atoms with van der Waals surface area (Å²) in [7, 11) is 0. The van der Waals surface area contributed by atoms with Crippen molar-refractivity contribution in [3.05, 3.63) is 9.82 Å². The summed E-state index contributed by atoms with van der Waals surface area (Å²) in [6.45, 7) is 2.00. The quantitative estimate of drug-likeness (QED) is 0.554. The van der Waals surface area contributed by atoms with Crippen molar-refractivity contribution < 1.29 is 3.20 Å². The SMILES string of the molecule is CC1=C[Te]ON1. The van der Waals surface area contributed by atoms with Crippen LogP contribution in [0.15, 0.2) is 9.82 Å². The van der Waals surface area contributed by atoms with Crippen LogP contribution in [0.25, 0.3) is 0 Å². The summed E-state index contributed by atoms with van der Waals surface area (Å²) in [5, 5.41) is 0. The summed E-state index contributed by atoms with van der Waals surface area (Å²) in [4.78, 5) is 0. The number of nitrogens with one attached hydrogen (secondary N) is 1. The molecule has 0 saturated heterocycles. The van der Waals surface area contributed by atoms with Crippen molar-refractivity contribution >= 4 is 21.3 Å². The van der Waals surface area contributed by atoms with E-state index in [0.29, 0.717) is 0 Å². The predicted octanol–water partition coefficient (Wildman–Crippen LogP) is 0.00170. The molecule has 0 radical (unpaired) electrons. The molecule has 2 nitrogen and oxygen atoms in total. The zero-order valence-corrected chi connectivity index (χ0v) is 5.72. The maximum absolute atomic E-state index is 4.84. The van der Waals surface area contributed by atoms with Crippen LogP contribution in [0, 0.1) is 0 Å². The Hall–Kier alpha value is 0.290. The van der Waals surface area contributed by atoms with Crippen molar-refractivity contribution in [2.75, 3.05) is 0 Å². The summed E-state index contributed by atoms with van der Waals surface area (Å²) in [5.74, 6) is 0. The van der Waals surface area contributed by atoms with Crippen molar-refractivity contribution in [2.45, 2.75) is 6.92 Å². The normalized spacial score (nSPS) is 19.8. The average Bonchev–Trinajstić information content (AvgIpc) is 1.86. The Morgan fingerprint density at radius 3 is 3.00 bits per heavy atom. The van der Waals surface area contributed by atoms with Crippen LogP contribution in [-0.2, 0) is 3.20 Å². The summed E-state index contributed by atoms with van der Waals surface area (Å²) in [6.07, 6.45) is 0. The second kappa shape index (κ2) is 1.83. The van der Waals surface area contributed by atoms with Gasteiger partial charge in [0.25, 0.3) is 0 Å². The van der Waals surface area contributed by atoms with Gasteiger partial charge in [-0.15, -0.1) is 0 Å². The second-order valence-electron chi connectivity index (χ2n) is 1.08. The van der Waals surface area contributed by atoms with Gasteiger partial charge < -0.3 is 0 Å². The molecule has 6 heavy (non-hydrogen) atoms. The third kappa shape index (κ3) is 0.874. The molecular formula is C3H5NOTe. The molecule has 0 fully saturated rings. The number of hydroxylamine groups is 1. The van der Waals surface area contributed by atoms with Crippen LogP contribution in [0.1, 0.15) is 6.92 Å². The minimum atomic E-state index is -0.214. The predicted molar refractivity (Wildman–Crippen MR) is 23.7 cm³/mol. The number of hydrogen-bond donors (Lipinski definition) is 1. The number of allylic oxidation sites excluding steroid dienone is 1. The van der Waals surface area contributed by atoms with Crippen molar-refractivity contribution in [1.82, 2.24) is 5.48 Å². The third-order valence-electron chi connectivity index (χ3n) is 0.476. The fourth-order valence-corrected chi connectivity index (χ4v) is 1.41. The van der Waals surface area contributed by atoms with Crippen molar-refractivity contribution in [1.29, 1.82) is 0 Å². The van der Waals surface area contributed by atoms with E-state index >= 15 is 0 Å². The molecule has 0 aromatic heterocycles. The molecule has 3 heteroatoms. The van der Waals surface area contributed by atoms with E-state index in [2.05, 4.69) is 9.60 Å². The monoisotopic (exact) mass is 201 g/mol. The summed E-state index contributed by atoms with van der Waals surface area (Å²) < 4.78 is 6.96. The fourth-order valence-electron chi connectivity index (χ4n) is 0.210. The van der Waals surface area contributed by atoms with Gasteiger partial charge in [-0.3, -0.25) is 0 Å². The molecule has 0 atom stereocenters. The van der Waals surface area contributed by atoms with E-state index in [1.54, 1.807) is 0 Å². The third-order valence-corrected chi connectivity index (χ3v) is 2.27. The van der Waals surface area contributed by atoms with Crippen LogP contribution >= 0.6 is 0 Å². The first-order valence-corrected chi connectivity index (χ1v) is 3.94. The molecule has 0 aromatic rings. The summed E-state index contributed by atoms with van der Waals surface area (Å²) >= 11 is -0.214. The molecule has 1 N–H and O–H groups in total. The van der Waals surface area contributed by atoms with Crippen LogP contribution in [0.4, 0.5) is 0 Å². The average molecular weight is 199 g/mol. The summed E-state index contributed by atoms with van der Waals surface area (Å²) in [5.41, 5.74) is 3.90. The standard InChI is InChI=1S/C3H5NOTe/c1-3-2-6-5-4-3/h2,4H,1H3. The van der Waals surface area contributed by atoms with Gasteiger partial charge in [0, 0.05) is 0 Å². The van der Waals surface area contributed by atoms with E-state index in [4.69, 9.17) is 3.20 Å². The molecule has 1 aliphatic rings. The first-order valence-electron chi connectivity index (χ1n) is 1.65. The van der Waals surface area contributed by atoms with E-state index in [-0.39, 0.29) is 21.3 Å². The fraction of sp³-hybridized carbons (Fsp3) is 0.333. The van der Waals surface area contributed by atoms with E-state index in [0.717, 1.165) is 5.70 Å². The van der Waals surface area contributed by atoms with E-state index in [9.17, 15) is 0 Å². The van der Waals surface area contributed by atoms with Crippen LogP contribution in [0.5, 0.6) is 0 Å². The van der Waals surface area contributed by atoms with Gasteiger partial charge in [-0.05, 0) is 0 Å². The van der Waals surface area contributed by atoms with Crippen LogP contribution < -0.4 is 5.48 Å². The molecule has 0 unspecified atom stereocenters. The van der Waals surface area contributed by atoms with Crippen LogP contribution in [-0.4, -0.2) is 21.3 Å². The first kappa shape index (κ1) is 4.45. The van der Waals surface area contributed by atoms with Gasteiger partial charge in [0.1, 0.15) is 0 Å². The van der Waals surface area contributed by atoms with E-state index in [1.165, 1.54) is 0 Å². The van der Waals surface area contributed by atoms with Gasteiger partial charge in [0.15, 0.2) is 0 Å². The topological polar surface area (TPSA) is 21.3 Å². The Balaban J connectivity index is 2.45. The minimum absolute atomic E-state index is 0.214. The zero-order chi connectivity index (χ0) is 4.41. The van der Waals surface area contributed by atoms with Gasteiger partial charge in [0.2, 0.25) is 0 Å². The molecule has 1 rings (SSSR count). The van der Waals surface area contributed by atoms with Gasteiger partial charge in [-0.2, -0.15) is 0 Å². The van der Waals surface area contributed by atoms with Crippen molar-refractivity contribution in [3.63, 3.8) is 0 Å².